The number of benzene rings is 1. The Kier molecular flexibility index (Phi) is 2.70. The number of halogens is 1. The number of imidazole rings is 1. The van der Waals surface area contributed by atoms with E-state index in [2.05, 4.69) is 9.97 Å². The van der Waals surface area contributed by atoms with Gasteiger partial charge in [0.1, 0.15) is 11.9 Å². The van der Waals surface area contributed by atoms with Crippen molar-refractivity contribution in [1.29, 1.82) is 0 Å². The summed E-state index contributed by atoms with van der Waals surface area (Å²) >= 11 is 5.82. The van der Waals surface area contributed by atoms with Gasteiger partial charge in [-0.25, -0.2) is 4.98 Å². The molecule has 0 radical (unpaired) electrons. The smallest absolute Gasteiger partial charge is 0.137 e. The summed E-state index contributed by atoms with van der Waals surface area (Å²) in [7, 11) is 1.43. The molecule has 2 aromatic rings. The van der Waals surface area contributed by atoms with Gasteiger partial charge in [0.05, 0.1) is 17.6 Å². The van der Waals surface area contributed by atoms with E-state index in [0.717, 1.165) is 15.9 Å². The van der Waals surface area contributed by atoms with Crippen LogP contribution >= 0.6 is 11.6 Å². The second-order valence-electron chi connectivity index (χ2n) is 3.47. The topological polar surface area (TPSA) is 72.0 Å². The van der Waals surface area contributed by atoms with Crippen LogP contribution in [0.25, 0.3) is 11.0 Å². The highest BCUT2D eigenvalue weighted by molar-refractivity contribution is 6.31. The molecule has 0 aliphatic heterocycles. The fourth-order valence-electron chi connectivity index (χ4n) is 1.40. The SMILES string of the molecule is CN(Cc1nc2ccc(Cl)cc2[nH]1)C(=O)[O-]. The van der Waals surface area contributed by atoms with Crippen LogP contribution in [0.4, 0.5) is 4.79 Å². The number of hydrogen-bond acceptors (Lipinski definition) is 3. The fourth-order valence-corrected chi connectivity index (χ4v) is 1.57. The van der Waals surface area contributed by atoms with Crippen molar-refractivity contribution in [2.24, 2.45) is 0 Å². The first-order valence-corrected chi connectivity index (χ1v) is 5.00. The van der Waals surface area contributed by atoms with Gasteiger partial charge in [0, 0.05) is 12.1 Å². The number of carbonyl (C=O) groups is 1. The second kappa shape index (κ2) is 4.02. The third-order valence-electron chi connectivity index (χ3n) is 2.19. The Hall–Kier alpha value is -1.75. The lowest BCUT2D eigenvalue weighted by atomic mass is 10.3. The van der Waals surface area contributed by atoms with Crippen molar-refractivity contribution in [2.45, 2.75) is 6.54 Å². The van der Waals surface area contributed by atoms with Crippen molar-refractivity contribution in [3.63, 3.8) is 0 Å². The molecule has 0 saturated carbocycles. The van der Waals surface area contributed by atoms with Gasteiger partial charge < -0.3 is 19.8 Å². The quantitative estimate of drug-likeness (QED) is 0.848. The zero-order valence-corrected chi connectivity index (χ0v) is 9.28. The molecule has 2 rings (SSSR count). The predicted molar refractivity (Wildman–Crippen MR) is 58.0 cm³/mol. The summed E-state index contributed by atoms with van der Waals surface area (Å²) in [5.74, 6) is 0.559. The summed E-state index contributed by atoms with van der Waals surface area (Å²) in [6.07, 6.45) is -1.24. The van der Waals surface area contributed by atoms with Crippen LogP contribution in [0, 0.1) is 0 Å². The van der Waals surface area contributed by atoms with Gasteiger partial charge in [-0.1, -0.05) is 11.6 Å². The molecular weight excluding hydrogens is 230 g/mol. The second-order valence-corrected chi connectivity index (χ2v) is 3.90. The number of amides is 1. The fraction of sp³-hybridized carbons (Fsp3) is 0.200. The average molecular weight is 239 g/mol. The van der Waals surface area contributed by atoms with E-state index < -0.39 is 6.09 Å². The Morgan fingerprint density at radius 1 is 1.62 bits per heavy atom. The number of rotatable bonds is 2. The van der Waals surface area contributed by atoms with Gasteiger partial charge in [0.2, 0.25) is 0 Å². The summed E-state index contributed by atoms with van der Waals surface area (Å²) in [5.41, 5.74) is 1.54. The van der Waals surface area contributed by atoms with Crippen LogP contribution in [0.2, 0.25) is 5.02 Å². The molecule has 6 heteroatoms. The molecule has 1 aromatic carbocycles. The van der Waals surface area contributed by atoms with Crippen molar-refractivity contribution < 1.29 is 9.90 Å². The number of aromatic amines is 1. The minimum absolute atomic E-state index is 0.161. The first-order valence-electron chi connectivity index (χ1n) is 4.62. The van der Waals surface area contributed by atoms with Gasteiger partial charge in [0.15, 0.2) is 0 Å². The highest BCUT2D eigenvalue weighted by Crippen LogP contribution is 2.17. The standard InChI is InChI=1S/C10H10ClN3O2/c1-14(10(15)16)5-9-12-7-3-2-6(11)4-8(7)13-9/h2-4H,5H2,1H3,(H,12,13)(H,15,16)/p-1. The minimum atomic E-state index is -1.24. The maximum atomic E-state index is 10.5. The lowest BCUT2D eigenvalue weighted by Crippen LogP contribution is -2.38. The first kappa shape index (κ1) is 10.8. The van der Waals surface area contributed by atoms with Crippen LogP contribution in [0.5, 0.6) is 0 Å². The first-order chi connectivity index (χ1) is 7.56. The zero-order valence-electron chi connectivity index (χ0n) is 8.53. The molecule has 0 atom stereocenters. The minimum Gasteiger partial charge on any atom is -0.530 e. The summed E-state index contributed by atoms with van der Waals surface area (Å²) in [6.45, 7) is 0.161. The third kappa shape index (κ3) is 2.09. The van der Waals surface area contributed by atoms with Crippen LogP contribution in [0.1, 0.15) is 5.82 Å². The maximum Gasteiger partial charge on any atom is 0.137 e. The van der Waals surface area contributed by atoms with Crippen molar-refractivity contribution in [3.05, 3.63) is 29.0 Å². The molecule has 0 saturated heterocycles. The number of nitrogens with zero attached hydrogens (tertiary/aromatic N) is 2. The van der Waals surface area contributed by atoms with Gasteiger partial charge >= 0.3 is 0 Å². The molecule has 16 heavy (non-hydrogen) atoms. The van der Waals surface area contributed by atoms with E-state index in [9.17, 15) is 9.90 Å². The van der Waals surface area contributed by atoms with Crippen LogP contribution in [0.15, 0.2) is 18.2 Å². The molecule has 1 heterocycles. The molecule has 0 spiro atoms. The molecule has 0 bridgehead atoms. The number of hydrogen-bond donors (Lipinski definition) is 1. The largest absolute Gasteiger partial charge is 0.530 e. The molecule has 0 aliphatic carbocycles. The van der Waals surface area contributed by atoms with Crippen LogP contribution in [-0.4, -0.2) is 28.0 Å². The number of aromatic nitrogens is 2. The van der Waals surface area contributed by atoms with Crippen molar-refractivity contribution >= 4 is 28.7 Å². The highest BCUT2D eigenvalue weighted by Gasteiger charge is 2.05. The van der Waals surface area contributed by atoms with E-state index in [1.807, 2.05) is 0 Å². The molecule has 1 aromatic heterocycles. The van der Waals surface area contributed by atoms with Crippen LogP contribution in [0.3, 0.4) is 0 Å². The Bertz CT molecular complexity index is 538. The van der Waals surface area contributed by atoms with Crippen LogP contribution < -0.4 is 5.11 Å². The van der Waals surface area contributed by atoms with Crippen molar-refractivity contribution in [1.82, 2.24) is 14.9 Å². The maximum absolute atomic E-state index is 10.5. The normalized spacial score (nSPS) is 10.6. The average Bonchev–Trinajstić information content (AvgIpc) is 2.58. The number of nitrogens with one attached hydrogen (secondary N) is 1. The Labute approximate surface area is 96.7 Å². The van der Waals surface area contributed by atoms with E-state index in [0.29, 0.717) is 10.8 Å². The Morgan fingerprint density at radius 2 is 2.38 bits per heavy atom. The van der Waals surface area contributed by atoms with Crippen molar-refractivity contribution in [2.75, 3.05) is 7.05 Å². The number of carbonyl (C=O) groups excluding carboxylic acids is 1. The van der Waals surface area contributed by atoms with Gasteiger partial charge in [-0.05, 0) is 18.2 Å². The number of fused-ring (bicyclic) bond motifs is 1. The van der Waals surface area contributed by atoms with E-state index in [1.54, 1.807) is 18.2 Å². The molecular formula is C10H9ClN3O2-. The summed E-state index contributed by atoms with van der Waals surface area (Å²) < 4.78 is 0. The van der Waals surface area contributed by atoms with Gasteiger partial charge in [-0.2, -0.15) is 0 Å². The van der Waals surface area contributed by atoms with Crippen molar-refractivity contribution in [3.8, 4) is 0 Å². The molecule has 1 N–H and O–H groups in total. The van der Waals surface area contributed by atoms with E-state index in [1.165, 1.54) is 7.05 Å². The van der Waals surface area contributed by atoms with Gasteiger partial charge in [0.25, 0.3) is 0 Å². The number of H-pyrrole nitrogens is 1. The molecule has 1 amide bonds. The van der Waals surface area contributed by atoms with E-state index >= 15 is 0 Å². The predicted octanol–water partition coefficient (Wildman–Crippen LogP) is 0.991. The Balaban J connectivity index is 2.29. The summed E-state index contributed by atoms with van der Waals surface area (Å²) in [6, 6.07) is 5.25. The molecule has 0 fully saturated rings. The highest BCUT2D eigenvalue weighted by atomic mass is 35.5. The van der Waals surface area contributed by atoms with E-state index in [4.69, 9.17) is 11.6 Å². The molecule has 5 nitrogen and oxygen atoms in total. The number of carboxylic acid groups (broad SMARTS) is 1. The molecule has 0 unspecified atom stereocenters. The molecule has 0 aliphatic rings. The van der Waals surface area contributed by atoms with E-state index in [-0.39, 0.29) is 6.54 Å². The zero-order chi connectivity index (χ0) is 11.7. The molecule has 84 valence electrons. The lowest BCUT2D eigenvalue weighted by Gasteiger charge is -2.17. The summed E-state index contributed by atoms with van der Waals surface area (Å²) in [4.78, 5) is 18.8. The third-order valence-corrected chi connectivity index (χ3v) is 2.43. The lowest BCUT2D eigenvalue weighted by molar-refractivity contribution is -0.264. The summed E-state index contributed by atoms with van der Waals surface area (Å²) in [5, 5.41) is 11.1. The Morgan fingerprint density at radius 3 is 3.06 bits per heavy atom. The van der Waals surface area contributed by atoms with Gasteiger partial charge in [-0.3, -0.25) is 0 Å². The van der Waals surface area contributed by atoms with Crippen LogP contribution in [-0.2, 0) is 6.54 Å². The van der Waals surface area contributed by atoms with Gasteiger partial charge in [-0.15, -0.1) is 0 Å². The monoisotopic (exact) mass is 238 g/mol.